The summed E-state index contributed by atoms with van der Waals surface area (Å²) in [5.74, 6) is 0. The summed E-state index contributed by atoms with van der Waals surface area (Å²) in [6.45, 7) is 7.67. The van der Waals surface area contributed by atoms with Gasteiger partial charge in [0, 0.05) is 17.1 Å². The third-order valence-corrected chi connectivity index (χ3v) is 3.15. The summed E-state index contributed by atoms with van der Waals surface area (Å²) < 4.78 is 10.6. The van der Waals surface area contributed by atoms with Gasteiger partial charge in [0.2, 0.25) is 5.69 Å². The van der Waals surface area contributed by atoms with E-state index in [0.717, 1.165) is 0 Å². The Kier molecular flexibility index (Phi) is 9.04. The van der Waals surface area contributed by atoms with E-state index in [1.807, 2.05) is 27.7 Å². The molecule has 0 saturated carbocycles. The average Bonchev–Trinajstić information content (AvgIpc) is 1.53. The molecule has 79 valence electrons. The van der Waals surface area contributed by atoms with Gasteiger partial charge in [-0.15, -0.1) is 0 Å². The second-order valence-electron chi connectivity index (χ2n) is 2.78. The average molecular weight is 278 g/mol. The van der Waals surface area contributed by atoms with Crippen LogP contribution in [0.1, 0.15) is 27.7 Å². The van der Waals surface area contributed by atoms with Crippen LogP contribution in [0.3, 0.4) is 0 Å². The fourth-order valence-electron chi connectivity index (χ4n) is 0.558. The molecule has 0 saturated heterocycles. The van der Waals surface area contributed by atoms with Crippen LogP contribution in [0.25, 0.3) is 0 Å². The summed E-state index contributed by atoms with van der Waals surface area (Å²) in [6, 6.07) is 0. The Hall–Kier alpha value is 1.44. The molecular formula is C6H15CuO2PS2. The minimum atomic E-state index is -2.28. The van der Waals surface area contributed by atoms with Gasteiger partial charge in [-0.25, -0.2) is 0 Å². The van der Waals surface area contributed by atoms with Crippen molar-refractivity contribution in [1.82, 2.24) is 0 Å². The molecule has 0 aliphatic heterocycles. The van der Waals surface area contributed by atoms with Gasteiger partial charge in [-0.1, -0.05) is 12.2 Å². The summed E-state index contributed by atoms with van der Waals surface area (Å²) in [4.78, 5) is 0. The Morgan fingerprint density at radius 3 is 1.50 bits per heavy atom. The number of hydrogen-bond acceptors (Lipinski definition) is 3. The molecule has 1 radical (unpaired) electrons. The molecule has 0 aromatic rings. The monoisotopic (exact) mass is 277 g/mol. The molecule has 0 amide bonds. The smallest absolute Gasteiger partial charge is 0.244 e. The molecule has 0 aliphatic rings. The van der Waals surface area contributed by atoms with Crippen LogP contribution < -0.4 is 0 Å². The predicted octanol–water partition coefficient (Wildman–Crippen LogP) is 2.99. The molecular weight excluding hydrogens is 263 g/mol. The SMILES string of the molecule is CC(C)OP(=S)(S)OC(C)C.[Cu]. The Morgan fingerprint density at radius 2 is 1.33 bits per heavy atom. The van der Waals surface area contributed by atoms with Crippen LogP contribution in [0.5, 0.6) is 0 Å². The third-order valence-electron chi connectivity index (χ3n) is 0.688. The van der Waals surface area contributed by atoms with Crippen LogP contribution in [0, 0.1) is 0 Å². The van der Waals surface area contributed by atoms with E-state index in [0.29, 0.717) is 0 Å². The molecule has 0 aromatic heterocycles. The first-order chi connectivity index (χ1) is 4.83. The summed E-state index contributed by atoms with van der Waals surface area (Å²) in [5.41, 5.74) is -2.28. The molecule has 6 heteroatoms. The number of thiol groups is 1. The Labute approximate surface area is 95.6 Å². The zero-order chi connectivity index (χ0) is 9.07. The predicted molar refractivity (Wildman–Crippen MR) is 55.7 cm³/mol. The van der Waals surface area contributed by atoms with Crippen LogP contribution in [0.2, 0.25) is 0 Å². The van der Waals surface area contributed by atoms with Crippen LogP contribution in [-0.2, 0) is 37.9 Å². The maximum atomic E-state index is 5.32. The Bertz CT molecular complexity index is 150. The largest absolute Gasteiger partial charge is 0.319 e. The molecule has 0 unspecified atom stereocenters. The van der Waals surface area contributed by atoms with Gasteiger partial charge in [0.05, 0.1) is 12.2 Å². The van der Waals surface area contributed by atoms with Gasteiger partial charge in [0.25, 0.3) is 0 Å². The maximum Gasteiger partial charge on any atom is 0.244 e. The van der Waals surface area contributed by atoms with E-state index in [1.54, 1.807) is 0 Å². The summed E-state index contributed by atoms with van der Waals surface area (Å²) in [7, 11) is 0. The van der Waals surface area contributed by atoms with E-state index in [1.165, 1.54) is 0 Å². The van der Waals surface area contributed by atoms with Gasteiger partial charge in [-0.3, -0.25) is 0 Å². The van der Waals surface area contributed by atoms with Crippen molar-refractivity contribution in [2.24, 2.45) is 0 Å². The van der Waals surface area contributed by atoms with E-state index in [-0.39, 0.29) is 29.3 Å². The van der Waals surface area contributed by atoms with Crippen molar-refractivity contribution < 1.29 is 26.1 Å². The molecule has 0 aromatic carbocycles. The molecule has 0 N–H and O–H groups in total. The molecule has 0 atom stereocenters. The van der Waals surface area contributed by atoms with Gasteiger partial charge in [0.1, 0.15) is 0 Å². The zero-order valence-electron chi connectivity index (χ0n) is 7.58. The van der Waals surface area contributed by atoms with Gasteiger partial charge >= 0.3 is 0 Å². The number of hydrogen-bond donors (Lipinski definition) is 1. The fourth-order valence-corrected chi connectivity index (χ4v) is 3.84. The van der Waals surface area contributed by atoms with Gasteiger partial charge in [-0.2, -0.15) is 0 Å². The second-order valence-corrected chi connectivity index (χ2v) is 7.97. The van der Waals surface area contributed by atoms with Crippen molar-refractivity contribution in [3.05, 3.63) is 0 Å². The molecule has 0 fully saturated rings. The third kappa shape index (κ3) is 9.53. The standard InChI is InChI=1S/C6H15O2PS2.Cu/c1-5(2)7-9(10,11)8-6(3)4;/h5-6H,1-4H3,(H,10,11);. The quantitative estimate of drug-likeness (QED) is 0.484. The summed E-state index contributed by atoms with van der Waals surface area (Å²) in [6.07, 6.45) is 0.161. The van der Waals surface area contributed by atoms with Crippen LogP contribution in [0.4, 0.5) is 0 Å². The Balaban J connectivity index is 0. The van der Waals surface area contributed by atoms with Crippen molar-refractivity contribution in [1.29, 1.82) is 0 Å². The van der Waals surface area contributed by atoms with Crippen LogP contribution in [-0.4, -0.2) is 12.2 Å². The van der Waals surface area contributed by atoms with E-state index >= 15 is 0 Å². The minimum absolute atomic E-state index is 0. The van der Waals surface area contributed by atoms with E-state index in [4.69, 9.17) is 20.9 Å². The molecule has 0 rings (SSSR count). The van der Waals surface area contributed by atoms with E-state index in [9.17, 15) is 0 Å². The van der Waals surface area contributed by atoms with E-state index < -0.39 is 5.69 Å². The normalized spacial score (nSPS) is 11.9. The van der Waals surface area contributed by atoms with Gasteiger partial charge in [0.15, 0.2) is 0 Å². The molecule has 0 heterocycles. The van der Waals surface area contributed by atoms with Gasteiger partial charge < -0.3 is 9.05 Å². The summed E-state index contributed by atoms with van der Waals surface area (Å²) in [5, 5.41) is 0. The van der Waals surface area contributed by atoms with Crippen molar-refractivity contribution in [3.8, 4) is 0 Å². The second kappa shape index (κ2) is 6.83. The topological polar surface area (TPSA) is 18.5 Å². The zero-order valence-corrected chi connectivity index (χ0v) is 11.1. The van der Waals surface area contributed by atoms with Crippen molar-refractivity contribution >= 4 is 29.7 Å². The minimum Gasteiger partial charge on any atom is -0.319 e. The number of rotatable bonds is 4. The Morgan fingerprint density at radius 1 is 1.08 bits per heavy atom. The first-order valence-electron chi connectivity index (χ1n) is 3.53. The first-order valence-corrected chi connectivity index (χ1v) is 7.32. The molecule has 2 nitrogen and oxygen atoms in total. The van der Waals surface area contributed by atoms with Crippen molar-refractivity contribution in [2.45, 2.75) is 39.9 Å². The molecule has 0 bridgehead atoms. The molecule has 0 spiro atoms. The van der Waals surface area contributed by atoms with Crippen LogP contribution in [0.15, 0.2) is 0 Å². The van der Waals surface area contributed by atoms with E-state index in [2.05, 4.69) is 12.2 Å². The van der Waals surface area contributed by atoms with Crippen molar-refractivity contribution in [2.75, 3.05) is 0 Å². The van der Waals surface area contributed by atoms with Crippen molar-refractivity contribution in [3.63, 3.8) is 0 Å². The molecule has 0 aliphatic carbocycles. The summed E-state index contributed by atoms with van der Waals surface area (Å²) >= 11 is 9.17. The molecule has 12 heavy (non-hydrogen) atoms. The fraction of sp³-hybridized carbons (Fsp3) is 1.00. The maximum absolute atomic E-state index is 5.32. The van der Waals surface area contributed by atoms with Crippen LogP contribution >= 0.6 is 17.9 Å². The van der Waals surface area contributed by atoms with Gasteiger partial charge in [-0.05, 0) is 39.5 Å². The first kappa shape index (κ1) is 15.9.